The predicted octanol–water partition coefficient (Wildman–Crippen LogP) is 3.97. The Morgan fingerprint density at radius 2 is 2.00 bits per heavy atom. The van der Waals surface area contributed by atoms with Crippen molar-refractivity contribution in [2.24, 2.45) is 0 Å². The summed E-state index contributed by atoms with van der Waals surface area (Å²) in [5.41, 5.74) is 1.36. The fourth-order valence-electron chi connectivity index (χ4n) is 1.47. The number of nitrogens with one attached hydrogen (secondary N) is 2. The van der Waals surface area contributed by atoms with Gasteiger partial charge in [0.1, 0.15) is 0 Å². The monoisotopic (exact) mass is 332 g/mol. The highest BCUT2D eigenvalue weighted by molar-refractivity contribution is 9.10. The van der Waals surface area contributed by atoms with Crippen LogP contribution in [0.5, 0.6) is 0 Å². The van der Waals surface area contributed by atoms with Crippen molar-refractivity contribution < 1.29 is 0 Å². The van der Waals surface area contributed by atoms with Gasteiger partial charge < -0.3 is 10.6 Å². The van der Waals surface area contributed by atoms with E-state index in [0.717, 1.165) is 22.6 Å². The van der Waals surface area contributed by atoms with Gasteiger partial charge >= 0.3 is 0 Å². The van der Waals surface area contributed by atoms with Crippen molar-refractivity contribution in [3.05, 3.63) is 33.3 Å². The molecule has 0 aromatic heterocycles. The maximum absolute atomic E-state index is 6.06. The number of hydrogen-bond acceptors (Lipinski definition) is 2. The Hall–Kier alpha value is -0.0900. The van der Waals surface area contributed by atoms with Gasteiger partial charge in [0.05, 0.1) is 5.02 Å². The summed E-state index contributed by atoms with van der Waals surface area (Å²) in [4.78, 5) is 0. The molecule has 0 aliphatic heterocycles. The van der Waals surface area contributed by atoms with Crippen LogP contribution in [0.15, 0.2) is 22.7 Å². The molecule has 0 saturated heterocycles. The molecule has 1 atom stereocenters. The Bertz CT molecular complexity index is 388. The highest BCUT2D eigenvalue weighted by Crippen LogP contribution is 2.23. The third-order valence-corrected chi connectivity index (χ3v) is 3.81. The van der Waals surface area contributed by atoms with E-state index >= 15 is 0 Å². The van der Waals surface area contributed by atoms with E-state index in [4.69, 9.17) is 11.6 Å². The molecule has 0 aliphatic rings. The SMILES string of the molecule is CC(CNC(C)(C)C)NCc1ccc(Br)c(Cl)c1. The molecule has 0 spiro atoms. The second-order valence-corrected chi connectivity index (χ2v) is 6.92. The molecule has 0 fully saturated rings. The summed E-state index contributed by atoms with van der Waals surface area (Å²) in [6.45, 7) is 10.5. The largest absolute Gasteiger partial charge is 0.311 e. The Morgan fingerprint density at radius 1 is 1.33 bits per heavy atom. The average molecular weight is 334 g/mol. The molecule has 0 radical (unpaired) electrons. The quantitative estimate of drug-likeness (QED) is 0.852. The van der Waals surface area contributed by atoms with Crippen molar-refractivity contribution in [3.63, 3.8) is 0 Å². The average Bonchev–Trinajstić information content (AvgIpc) is 2.27. The molecule has 1 unspecified atom stereocenters. The summed E-state index contributed by atoms with van der Waals surface area (Å²) < 4.78 is 0.940. The van der Waals surface area contributed by atoms with E-state index in [0.29, 0.717) is 6.04 Å². The zero-order valence-electron chi connectivity index (χ0n) is 11.5. The summed E-state index contributed by atoms with van der Waals surface area (Å²) in [6, 6.07) is 6.47. The minimum absolute atomic E-state index is 0.164. The predicted molar refractivity (Wildman–Crippen MR) is 83.2 cm³/mol. The third-order valence-electron chi connectivity index (χ3n) is 2.58. The van der Waals surface area contributed by atoms with Crippen LogP contribution in [0.2, 0.25) is 5.02 Å². The third kappa shape index (κ3) is 6.19. The minimum atomic E-state index is 0.164. The van der Waals surface area contributed by atoms with E-state index < -0.39 is 0 Å². The Balaban J connectivity index is 2.38. The van der Waals surface area contributed by atoms with Crippen LogP contribution in [0.1, 0.15) is 33.3 Å². The van der Waals surface area contributed by atoms with Crippen molar-refractivity contribution in [1.82, 2.24) is 10.6 Å². The van der Waals surface area contributed by atoms with E-state index in [1.54, 1.807) is 0 Å². The fraction of sp³-hybridized carbons (Fsp3) is 0.571. The number of hydrogen-bond donors (Lipinski definition) is 2. The summed E-state index contributed by atoms with van der Waals surface area (Å²) >= 11 is 9.46. The second kappa shape index (κ2) is 6.90. The van der Waals surface area contributed by atoms with Crippen molar-refractivity contribution in [3.8, 4) is 0 Å². The molecule has 0 heterocycles. The van der Waals surface area contributed by atoms with Gasteiger partial charge in [0.25, 0.3) is 0 Å². The summed E-state index contributed by atoms with van der Waals surface area (Å²) in [5, 5.41) is 7.72. The molecule has 0 bridgehead atoms. The Kier molecular flexibility index (Phi) is 6.12. The van der Waals surface area contributed by atoms with Gasteiger partial charge in [-0.2, -0.15) is 0 Å². The highest BCUT2D eigenvalue weighted by atomic mass is 79.9. The van der Waals surface area contributed by atoms with Crippen LogP contribution in [0.3, 0.4) is 0 Å². The number of benzene rings is 1. The molecule has 0 amide bonds. The molecule has 2 nitrogen and oxygen atoms in total. The molecule has 0 aliphatic carbocycles. The first-order valence-electron chi connectivity index (χ1n) is 6.20. The fourth-order valence-corrected chi connectivity index (χ4v) is 1.92. The topological polar surface area (TPSA) is 24.1 Å². The standard InChI is InChI=1S/C14H22BrClN2/c1-10(8-18-14(2,3)4)17-9-11-5-6-12(15)13(16)7-11/h5-7,10,17-18H,8-9H2,1-4H3. The Labute approximate surface area is 124 Å². The highest BCUT2D eigenvalue weighted by Gasteiger charge is 2.10. The zero-order valence-corrected chi connectivity index (χ0v) is 13.8. The van der Waals surface area contributed by atoms with Crippen molar-refractivity contribution in [2.45, 2.75) is 45.8 Å². The van der Waals surface area contributed by atoms with Crippen LogP contribution in [0.4, 0.5) is 0 Å². The summed E-state index contributed by atoms with van der Waals surface area (Å²) in [6.07, 6.45) is 0. The molecule has 4 heteroatoms. The lowest BCUT2D eigenvalue weighted by Crippen LogP contribution is -2.44. The van der Waals surface area contributed by atoms with Crippen LogP contribution in [0, 0.1) is 0 Å². The summed E-state index contributed by atoms with van der Waals surface area (Å²) in [7, 11) is 0. The number of rotatable bonds is 5. The van der Waals surface area contributed by atoms with E-state index in [9.17, 15) is 0 Å². The van der Waals surface area contributed by atoms with Crippen LogP contribution in [-0.4, -0.2) is 18.1 Å². The maximum atomic E-state index is 6.06. The number of halogens is 2. The van der Waals surface area contributed by atoms with E-state index in [2.05, 4.69) is 60.3 Å². The van der Waals surface area contributed by atoms with Crippen LogP contribution in [0.25, 0.3) is 0 Å². The smallest absolute Gasteiger partial charge is 0.0551 e. The first-order chi connectivity index (χ1) is 8.28. The first kappa shape index (κ1) is 16.0. The Morgan fingerprint density at radius 3 is 2.56 bits per heavy atom. The minimum Gasteiger partial charge on any atom is -0.311 e. The van der Waals surface area contributed by atoms with E-state index in [1.807, 2.05) is 12.1 Å². The van der Waals surface area contributed by atoms with Gasteiger partial charge in [-0.3, -0.25) is 0 Å². The molecule has 0 saturated carbocycles. The molecular formula is C14H22BrClN2. The van der Waals surface area contributed by atoms with Gasteiger partial charge in [-0.1, -0.05) is 17.7 Å². The molecule has 2 N–H and O–H groups in total. The maximum Gasteiger partial charge on any atom is 0.0551 e. The summed E-state index contributed by atoms with van der Waals surface area (Å²) in [5.74, 6) is 0. The molecule has 1 aromatic rings. The van der Waals surface area contributed by atoms with Crippen LogP contribution in [-0.2, 0) is 6.54 Å². The molecule has 1 aromatic carbocycles. The van der Waals surface area contributed by atoms with Crippen molar-refractivity contribution in [2.75, 3.05) is 6.54 Å². The van der Waals surface area contributed by atoms with E-state index in [1.165, 1.54) is 5.56 Å². The van der Waals surface area contributed by atoms with Crippen LogP contribution >= 0.6 is 27.5 Å². The molecular weight excluding hydrogens is 312 g/mol. The lowest BCUT2D eigenvalue weighted by molar-refractivity contribution is 0.387. The normalized spacial score (nSPS) is 13.7. The van der Waals surface area contributed by atoms with Crippen molar-refractivity contribution in [1.29, 1.82) is 0 Å². The van der Waals surface area contributed by atoms with Gasteiger partial charge in [-0.25, -0.2) is 0 Å². The second-order valence-electron chi connectivity index (χ2n) is 5.66. The lowest BCUT2D eigenvalue weighted by atomic mass is 10.1. The molecule has 1 rings (SSSR count). The first-order valence-corrected chi connectivity index (χ1v) is 7.37. The molecule has 102 valence electrons. The zero-order chi connectivity index (χ0) is 13.8. The van der Waals surface area contributed by atoms with Gasteiger partial charge in [0.15, 0.2) is 0 Å². The van der Waals surface area contributed by atoms with Crippen molar-refractivity contribution >= 4 is 27.5 Å². The lowest BCUT2D eigenvalue weighted by Gasteiger charge is -2.24. The van der Waals surface area contributed by atoms with Gasteiger partial charge in [-0.15, -0.1) is 0 Å². The van der Waals surface area contributed by atoms with Crippen LogP contribution < -0.4 is 10.6 Å². The van der Waals surface area contributed by atoms with Gasteiger partial charge in [-0.05, 0) is 61.3 Å². The van der Waals surface area contributed by atoms with Gasteiger partial charge in [0, 0.05) is 29.1 Å². The van der Waals surface area contributed by atoms with E-state index in [-0.39, 0.29) is 5.54 Å². The molecule has 18 heavy (non-hydrogen) atoms. The van der Waals surface area contributed by atoms with Gasteiger partial charge in [0.2, 0.25) is 0 Å².